The van der Waals surface area contributed by atoms with E-state index < -0.39 is 10.0 Å². The monoisotopic (exact) mass is 487 g/mol. The number of nitrogens with zero attached hydrogens (tertiary/aromatic N) is 2. The van der Waals surface area contributed by atoms with Crippen LogP contribution in [0.25, 0.3) is 0 Å². The molecule has 9 heteroatoms. The van der Waals surface area contributed by atoms with Crippen molar-refractivity contribution >= 4 is 39.0 Å². The van der Waals surface area contributed by atoms with Gasteiger partial charge in [-0.2, -0.15) is 0 Å². The molecule has 1 saturated heterocycles. The Balaban J connectivity index is 1.28. The lowest BCUT2D eigenvalue weighted by atomic mass is 10.0. The highest BCUT2D eigenvalue weighted by Crippen LogP contribution is 2.25. The molecule has 1 N–H and O–H groups in total. The first kappa shape index (κ1) is 23.0. The van der Waals surface area contributed by atoms with Gasteiger partial charge in [0, 0.05) is 40.7 Å². The summed E-state index contributed by atoms with van der Waals surface area (Å²) in [4.78, 5) is 20.5. The third-order valence-corrected chi connectivity index (χ3v) is 8.72. The van der Waals surface area contributed by atoms with Crippen molar-refractivity contribution in [1.82, 2.24) is 14.6 Å². The van der Waals surface area contributed by atoms with E-state index in [1.807, 2.05) is 31.2 Å². The summed E-state index contributed by atoms with van der Waals surface area (Å²) in [5, 5.41) is 3.14. The fourth-order valence-electron chi connectivity index (χ4n) is 3.60. The van der Waals surface area contributed by atoms with Crippen molar-refractivity contribution in [2.75, 3.05) is 13.1 Å². The molecule has 0 saturated carbocycles. The van der Waals surface area contributed by atoms with Crippen molar-refractivity contribution in [1.29, 1.82) is 0 Å². The highest BCUT2D eigenvalue weighted by Gasteiger charge is 2.27. The average Bonchev–Trinajstić information content (AvgIpc) is 3.23. The van der Waals surface area contributed by atoms with Crippen molar-refractivity contribution in [3.05, 3.63) is 76.2 Å². The summed E-state index contributed by atoms with van der Waals surface area (Å²) in [5.41, 5.74) is 1.73. The number of likely N-dealkylation sites (tertiary alicyclic amines) is 1. The summed E-state index contributed by atoms with van der Waals surface area (Å²) in [6, 6.07) is 15.9. The Bertz CT molecular complexity index is 1150. The minimum absolute atomic E-state index is 0.0129. The van der Waals surface area contributed by atoms with Gasteiger partial charge in [-0.25, -0.2) is 18.1 Å². The van der Waals surface area contributed by atoms with Crippen molar-refractivity contribution < 1.29 is 13.2 Å². The van der Waals surface area contributed by atoms with Crippen LogP contribution in [0.2, 0.25) is 0 Å². The van der Waals surface area contributed by atoms with E-state index >= 15 is 0 Å². The van der Waals surface area contributed by atoms with E-state index in [-0.39, 0.29) is 16.8 Å². The lowest BCUT2D eigenvalue weighted by Gasteiger charge is -2.32. The molecule has 0 atom stereocenters. The molecule has 0 aliphatic carbocycles. The third-order valence-electron chi connectivity index (χ3n) is 5.31. The number of amides is 1. The standard InChI is InChI=1S/C23H25N3O3S3/c1-17-24-20(15-30-17)16-31-21-9-7-18(8-10-21)23(27)26-13-11-19(12-14-26)25-32(28,29)22-5-3-2-4-6-22/h2-10,15,19,25H,11-14,16H2,1H3. The lowest BCUT2D eigenvalue weighted by Crippen LogP contribution is -2.46. The van der Waals surface area contributed by atoms with Crippen molar-refractivity contribution in [2.45, 2.75) is 41.4 Å². The summed E-state index contributed by atoms with van der Waals surface area (Å²) < 4.78 is 27.8. The number of aryl methyl sites for hydroxylation is 1. The largest absolute Gasteiger partial charge is 0.339 e. The number of aromatic nitrogens is 1. The molecule has 2 aromatic carbocycles. The van der Waals surface area contributed by atoms with Crippen LogP contribution in [0.15, 0.2) is 69.8 Å². The lowest BCUT2D eigenvalue weighted by molar-refractivity contribution is 0.0711. The molecular formula is C23H25N3O3S3. The Morgan fingerprint density at radius 3 is 2.44 bits per heavy atom. The number of rotatable bonds is 7. The Labute approximate surface area is 197 Å². The van der Waals surface area contributed by atoms with Crippen LogP contribution >= 0.6 is 23.1 Å². The van der Waals surface area contributed by atoms with Gasteiger partial charge in [0.05, 0.1) is 15.6 Å². The molecule has 1 aliphatic heterocycles. The second-order valence-electron chi connectivity index (χ2n) is 7.67. The fraction of sp³-hybridized carbons (Fsp3) is 0.304. The normalized spacial score (nSPS) is 15.1. The Hall–Kier alpha value is -2.20. The van der Waals surface area contributed by atoms with Gasteiger partial charge >= 0.3 is 0 Å². The molecule has 1 aliphatic rings. The smallest absolute Gasteiger partial charge is 0.253 e. The number of carbonyl (C=O) groups excluding carboxylic acids is 1. The summed E-state index contributed by atoms with van der Waals surface area (Å²) in [5.74, 6) is 0.797. The first-order valence-corrected chi connectivity index (χ1v) is 13.8. The van der Waals surface area contributed by atoms with Gasteiger partial charge in [0.15, 0.2) is 0 Å². The number of benzene rings is 2. The molecule has 1 fully saturated rings. The zero-order valence-electron chi connectivity index (χ0n) is 17.7. The molecule has 0 radical (unpaired) electrons. The quantitative estimate of drug-likeness (QED) is 0.502. The zero-order chi connectivity index (χ0) is 22.6. The highest BCUT2D eigenvalue weighted by molar-refractivity contribution is 7.98. The van der Waals surface area contributed by atoms with Gasteiger partial charge in [0.1, 0.15) is 0 Å². The topological polar surface area (TPSA) is 79.4 Å². The molecule has 4 rings (SSSR count). The predicted octanol–water partition coefficient (Wildman–Crippen LogP) is 4.33. The van der Waals surface area contributed by atoms with Crippen molar-refractivity contribution in [3.63, 3.8) is 0 Å². The van der Waals surface area contributed by atoms with E-state index in [4.69, 9.17) is 0 Å². The Morgan fingerprint density at radius 2 is 1.81 bits per heavy atom. The summed E-state index contributed by atoms with van der Waals surface area (Å²) >= 11 is 3.35. The van der Waals surface area contributed by atoms with E-state index in [0.29, 0.717) is 31.5 Å². The van der Waals surface area contributed by atoms with Gasteiger partial charge in [-0.3, -0.25) is 4.79 Å². The van der Waals surface area contributed by atoms with Crippen molar-refractivity contribution in [2.24, 2.45) is 0 Å². The molecule has 168 valence electrons. The Kier molecular flexibility index (Phi) is 7.30. The number of piperidine rings is 1. The van der Waals surface area contributed by atoms with Crippen LogP contribution in [0.5, 0.6) is 0 Å². The van der Waals surface area contributed by atoms with Gasteiger partial charge in [0.25, 0.3) is 5.91 Å². The first-order chi connectivity index (χ1) is 15.4. The predicted molar refractivity (Wildman–Crippen MR) is 129 cm³/mol. The van der Waals surface area contributed by atoms with E-state index in [1.165, 1.54) is 0 Å². The third kappa shape index (κ3) is 5.78. The molecule has 0 unspecified atom stereocenters. The molecule has 0 spiro atoms. The van der Waals surface area contributed by atoms with Gasteiger partial charge in [-0.05, 0) is 56.2 Å². The van der Waals surface area contributed by atoms with Gasteiger partial charge in [-0.1, -0.05) is 18.2 Å². The average molecular weight is 488 g/mol. The number of nitrogens with one attached hydrogen (secondary N) is 1. The van der Waals surface area contributed by atoms with Crippen LogP contribution in [0.4, 0.5) is 0 Å². The number of carbonyl (C=O) groups is 1. The first-order valence-electron chi connectivity index (χ1n) is 10.4. The second-order valence-corrected chi connectivity index (χ2v) is 11.5. The van der Waals surface area contributed by atoms with Crippen LogP contribution < -0.4 is 4.72 Å². The second kappa shape index (κ2) is 10.2. The van der Waals surface area contributed by atoms with Crippen LogP contribution in [0, 0.1) is 6.92 Å². The van der Waals surface area contributed by atoms with Gasteiger partial charge < -0.3 is 4.90 Å². The van der Waals surface area contributed by atoms with E-state index in [0.717, 1.165) is 21.3 Å². The molecule has 32 heavy (non-hydrogen) atoms. The minimum Gasteiger partial charge on any atom is -0.339 e. The molecule has 1 aromatic heterocycles. The minimum atomic E-state index is -3.54. The van der Waals surface area contributed by atoms with E-state index in [1.54, 1.807) is 58.3 Å². The summed E-state index contributed by atoms with van der Waals surface area (Å²) in [6.45, 7) is 3.06. The maximum absolute atomic E-state index is 12.9. The van der Waals surface area contributed by atoms with Crippen molar-refractivity contribution in [3.8, 4) is 0 Å². The van der Waals surface area contributed by atoms with Gasteiger partial charge in [0.2, 0.25) is 10.0 Å². The molecule has 3 aromatic rings. The van der Waals surface area contributed by atoms with E-state index in [9.17, 15) is 13.2 Å². The maximum atomic E-state index is 12.9. The number of thiazole rings is 1. The SMILES string of the molecule is Cc1nc(CSc2ccc(C(=O)N3CCC(NS(=O)(=O)c4ccccc4)CC3)cc2)cs1. The molecule has 2 heterocycles. The maximum Gasteiger partial charge on any atom is 0.253 e. The van der Waals surface area contributed by atoms with E-state index in [2.05, 4.69) is 15.1 Å². The Morgan fingerprint density at radius 1 is 1.12 bits per heavy atom. The number of sulfonamides is 1. The summed E-state index contributed by atoms with van der Waals surface area (Å²) in [6.07, 6.45) is 1.19. The number of thioether (sulfide) groups is 1. The molecule has 1 amide bonds. The highest BCUT2D eigenvalue weighted by atomic mass is 32.2. The fourth-order valence-corrected chi connectivity index (χ4v) is 6.43. The molecular weight excluding hydrogens is 462 g/mol. The number of hydrogen-bond donors (Lipinski definition) is 1. The van der Waals surface area contributed by atoms with Crippen LogP contribution in [-0.4, -0.2) is 43.3 Å². The van der Waals surface area contributed by atoms with Crippen LogP contribution in [0.1, 0.15) is 33.9 Å². The van der Waals surface area contributed by atoms with Crippen LogP contribution in [-0.2, 0) is 15.8 Å². The molecule has 6 nitrogen and oxygen atoms in total. The number of hydrogen-bond acceptors (Lipinski definition) is 6. The molecule has 0 bridgehead atoms. The van der Waals surface area contributed by atoms with Gasteiger partial charge in [-0.15, -0.1) is 23.1 Å². The zero-order valence-corrected chi connectivity index (χ0v) is 20.2. The van der Waals surface area contributed by atoms with Crippen LogP contribution in [0.3, 0.4) is 0 Å². The summed E-state index contributed by atoms with van der Waals surface area (Å²) in [7, 11) is -3.54.